The number of carbonyl (C=O) groups is 2. The first-order valence-electron chi connectivity index (χ1n) is 7.75. The second-order valence-electron chi connectivity index (χ2n) is 6.08. The molecule has 122 valence electrons. The van der Waals surface area contributed by atoms with Gasteiger partial charge in [-0.05, 0) is 37.5 Å². The minimum atomic E-state index is -0.786. The number of carboxylic acid groups (broad SMARTS) is 1. The van der Waals surface area contributed by atoms with Crippen molar-refractivity contribution in [3.05, 3.63) is 0 Å². The smallest absolute Gasteiger partial charge is 0.317 e. The highest BCUT2D eigenvalue weighted by atomic mass is 32.2. The van der Waals surface area contributed by atoms with E-state index in [0.717, 1.165) is 31.6 Å². The van der Waals surface area contributed by atoms with Gasteiger partial charge in [0.25, 0.3) is 0 Å². The Kier molecular flexibility index (Phi) is 8.11. The Hall–Kier alpha value is -0.750. The van der Waals surface area contributed by atoms with Gasteiger partial charge >= 0.3 is 5.97 Å². The van der Waals surface area contributed by atoms with Gasteiger partial charge in [-0.25, -0.2) is 0 Å². The largest absolute Gasteiger partial charge is 0.480 e. The lowest BCUT2D eigenvalue weighted by Crippen LogP contribution is -2.55. The van der Waals surface area contributed by atoms with E-state index in [2.05, 4.69) is 19.2 Å². The highest BCUT2D eigenvalue weighted by Crippen LogP contribution is 2.25. The van der Waals surface area contributed by atoms with Gasteiger partial charge in [0.15, 0.2) is 0 Å². The van der Waals surface area contributed by atoms with Gasteiger partial charge < -0.3 is 10.4 Å². The molecule has 0 spiro atoms. The fourth-order valence-corrected chi connectivity index (χ4v) is 3.48. The molecule has 1 fully saturated rings. The quantitative estimate of drug-likeness (QED) is 0.602. The molecule has 0 aliphatic heterocycles. The van der Waals surface area contributed by atoms with E-state index >= 15 is 0 Å². The molecule has 1 aliphatic carbocycles. The summed E-state index contributed by atoms with van der Waals surface area (Å²) in [4.78, 5) is 24.5. The van der Waals surface area contributed by atoms with Gasteiger partial charge in [0.05, 0.1) is 12.3 Å². The highest BCUT2D eigenvalue weighted by molar-refractivity contribution is 7.99. The fourth-order valence-electron chi connectivity index (χ4n) is 2.43. The summed E-state index contributed by atoms with van der Waals surface area (Å²) in [5.41, 5.74) is 0. The van der Waals surface area contributed by atoms with Crippen LogP contribution in [-0.4, -0.2) is 58.6 Å². The SMILES string of the molecule is CCN(CC(=O)O)C1CC(NC(=O)CSCCC(C)C)C1. The molecular weight excluding hydrogens is 288 g/mol. The van der Waals surface area contributed by atoms with Gasteiger partial charge in [-0.3, -0.25) is 14.5 Å². The molecule has 21 heavy (non-hydrogen) atoms. The number of rotatable bonds is 10. The van der Waals surface area contributed by atoms with Gasteiger partial charge in [-0.2, -0.15) is 11.8 Å². The van der Waals surface area contributed by atoms with Crippen molar-refractivity contribution in [1.82, 2.24) is 10.2 Å². The number of hydrogen-bond donors (Lipinski definition) is 2. The average Bonchev–Trinajstić information content (AvgIpc) is 2.35. The van der Waals surface area contributed by atoms with E-state index in [1.807, 2.05) is 11.8 Å². The van der Waals surface area contributed by atoms with E-state index in [1.54, 1.807) is 11.8 Å². The van der Waals surface area contributed by atoms with Crippen LogP contribution < -0.4 is 5.32 Å². The standard InChI is InChI=1S/C15H28N2O3S/c1-4-17(9-15(19)20)13-7-12(8-13)16-14(18)10-21-6-5-11(2)3/h11-13H,4-10H2,1-3H3,(H,16,18)(H,19,20). The third kappa shape index (κ3) is 7.18. The zero-order chi connectivity index (χ0) is 15.8. The molecular formula is C15H28N2O3S. The molecule has 2 N–H and O–H groups in total. The zero-order valence-electron chi connectivity index (χ0n) is 13.3. The van der Waals surface area contributed by atoms with Crippen LogP contribution in [0.3, 0.4) is 0 Å². The van der Waals surface area contributed by atoms with Crippen molar-refractivity contribution in [2.45, 2.75) is 52.1 Å². The van der Waals surface area contributed by atoms with E-state index in [0.29, 0.717) is 17.7 Å². The van der Waals surface area contributed by atoms with Gasteiger partial charge in [0, 0.05) is 12.1 Å². The van der Waals surface area contributed by atoms with Gasteiger partial charge in [0.1, 0.15) is 0 Å². The second-order valence-corrected chi connectivity index (χ2v) is 7.19. The van der Waals surface area contributed by atoms with Crippen LogP contribution in [0.15, 0.2) is 0 Å². The van der Waals surface area contributed by atoms with Crippen LogP contribution >= 0.6 is 11.8 Å². The van der Waals surface area contributed by atoms with Gasteiger partial charge in [-0.1, -0.05) is 20.8 Å². The Balaban J connectivity index is 2.13. The second kappa shape index (κ2) is 9.30. The summed E-state index contributed by atoms with van der Waals surface area (Å²) < 4.78 is 0. The van der Waals surface area contributed by atoms with Crippen LogP contribution in [0.1, 0.15) is 40.0 Å². The first kappa shape index (κ1) is 18.3. The molecule has 1 rings (SSSR count). The Morgan fingerprint density at radius 2 is 2.05 bits per heavy atom. The number of aliphatic carboxylic acids is 1. The average molecular weight is 316 g/mol. The summed E-state index contributed by atoms with van der Waals surface area (Å²) in [5.74, 6) is 1.56. The number of carbonyl (C=O) groups excluding carboxylic acids is 1. The molecule has 5 nitrogen and oxygen atoms in total. The molecule has 0 bridgehead atoms. The minimum absolute atomic E-state index is 0.0902. The minimum Gasteiger partial charge on any atom is -0.480 e. The van der Waals surface area contributed by atoms with Crippen LogP contribution in [0.2, 0.25) is 0 Å². The molecule has 0 aromatic rings. The van der Waals surface area contributed by atoms with Crippen LogP contribution in [0, 0.1) is 5.92 Å². The zero-order valence-corrected chi connectivity index (χ0v) is 14.1. The number of amides is 1. The molecule has 0 heterocycles. The predicted molar refractivity (Wildman–Crippen MR) is 86.6 cm³/mol. The van der Waals surface area contributed by atoms with Crippen LogP contribution in [-0.2, 0) is 9.59 Å². The van der Waals surface area contributed by atoms with Crippen molar-refractivity contribution in [3.63, 3.8) is 0 Å². The van der Waals surface area contributed by atoms with Gasteiger partial charge in [0.2, 0.25) is 5.91 Å². The summed E-state index contributed by atoms with van der Waals surface area (Å²) in [6.07, 6.45) is 2.87. The molecule has 0 aromatic heterocycles. The van der Waals surface area contributed by atoms with E-state index < -0.39 is 5.97 Å². The van der Waals surface area contributed by atoms with Crippen molar-refractivity contribution in [1.29, 1.82) is 0 Å². The van der Waals surface area contributed by atoms with Gasteiger partial charge in [-0.15, -0.1) is 0 Å². The van der Waals surface area contributed by atoms with Crippen molar-refractivity contribution < 1.29 is 14.7 Å². The normalized spacial score (nSPS) is 21.4. The third-order valence-corrected chi connectivity index (χ3v) is 4.80. The first-order valence-corrected chi connectivity index (χ1v) is 8.90. The Labute approximate surface area is 131 Å². The molecule has 0 unspecified atom stereocenters. The molecule has 6 heteroatoms. The molecule has 1 saturated carbocycles. The lowest BCUT2D eigenvalue weighted by Gasteiger charge is -2.42. The van der Waals surface area contributed by atoms with E-state index in [1.165, 1.54) is 0 Å². The lowest BCUT2D eigenvalue weighted by atomic mass is 9.85. The molecule has 0 atom stereocenters. The Morgan fingerprint density at radius 3 is 2.57 bits per heavy atom. The van der Waals surface area contributed by atoms with Crippen LogP contribution in [0.4, 0.5) is 0 Å². The molecule has 1 amide bonds. The van der Waals surface area contributed by atoms with Crippen LogP contribution in [0.25, 0.3) is 0 Å². The maximum Gasteiger partial charge on any atom is 0.317 e. The maximum absolute atomic E-state index is 11.8. The van der Waals surface area contributed by atoms with E-state index in [9.17, 15) is 9.59 Å². The monoisotopic (exact) mass is 316 g/mol. The number of nitrogens with zero attached hydrogens (tertiary/aromatic N) is 1. The molecule has 0 saturated heterocycles. The number of likely N-dealkylation sites (N-methyl/N-ethyl adjacent to an activating group) is 1. The Bertz CT molecular complexity index is 344. The van der Waals surface area contributed by atoms with Crippen molar-refractivity contribution in [2.24, 2.45) is 5.92 Å². The maximum atomic E-state index is 11.8. The van der Waals surface area contributed by atoms with Crippen molar-refractivity contribution in [2.75, 3.05) is 24.6 Å². The third-order valence-electron chi connectivity index (χ3n) is 3.81. The lowest BCUT2D eigenvalue weighted by molar-refractivity contribution is -0.139. The van der Waals surface area contributed by atoms with E-state index in [4.69, 9.17) is 5.11 Å². The first-order chi connectivity index (χ1) is 9.92. The summed E-state index contributed by atoms with van der Waals surface area (Å²) in [5, 5.41) is 11.9. The predicted octanol–water partition coefficient (Wildman–Crippen LogP) is 1.82. The Morgan fingerprint density at radius 1 is 1.38 bits per heavy atom. The molecule has 0 radical (unpaired) electrons. The summed E-state index contributed by atoms with van der Waals surface area (Å²) in [6, 6.07) is 0.515. The fraction of sp³-hybridized carbons (Fsp3) is 0.867. The topological polar surface area (TPSA) is 69.6 Å². The molecule has 1 aliphatic rings. The summed E-state index contributed by atoms with van der Waals surface area (Å²) in [6.45, 7) is 7.17. The highest BCUT2D eigenvalue weighted by Gasteiger charge is 2.34. The molecule has 0 aromatic carbocycles. The van der Waals surface area contributed by atoms with Crippen molar-refractivity contribution in [3.8, 4) is 0 Å². The summed E-state index contributed by atoms with van der Waals surface area (Å²) >= 11 is 1.69. The number of carboxylic acids is 1. The number of nitrogens with one attached hydrogen (secondary N) is 1. The van der Waals surface area contributed by atoms with Crippen molar-refractivity contribution >= 4 is 23.6 Å². The van der Waals surface area contributed by atoms with Crippen LogP contribution in [0.5, 0.6) is 0 Å². The van der Waals surface area contributed by atoms with E-state index in [-0.39, 0.29) is 18.5 Å². The number of thioether (sulfide) groups is 1. The number of hydrogen-bond acceptors (Lipinski definition) is 4. The summed E-state index contributed by atoms with van der Waals surface area (Å²) in [7, 11) is 0.